The summed E-state index contributed by atoms with van der Waals surface area (Å²) in [6.45, 7) is 6.82. The van der Waals surface area contributed by atoms with E-state index in [1.54, 1.807) is 57.2 Å². The molecule has 180 valence electrons. The molecule has 0 spiro atoms. The first kappa shape index (κ1) is 25.2. The van der Waals surface area contributed by atoms with E-state index in [2.05, 4.69) is 16.0 Å². The highest BCUT2D eigenvalue weighted by atomic mass is 16.6. The van der Waals surface area contributed by atoms with E-state index in [0.29, 0.717) is 22.6 Å². The molecule has 0 aliphatic rings. The van der Waals surface area contributed by atoms with Gasteiger partial charge < -0.3 is 15.4 Å². The molecular formula is C28H29N3O4. The lowest BCUT2D eigenvalue weighted by molar-refractivity contribution is -0.114. The Bertz CT molecular complexity index is 1210. The third-order valence-corrected chi connectivity index (χ3v) is 4.67. The van der Waals surface area contributed by atoms with Gasteiger partial charge in [0.15, 0.2) is 0 Å². The summed E-state index contributed by atoms with van der Waals surface area (Å²) in [5.74, 6) is -0.475. The van der Waals surface area contributed by atoms with Crippen molar-refractivity contribution in [1.82, 2.24) is 5.32 Å². The smallest absolute Gasteiger partial charge is 0.412 e. The summed E-state index contributed by atoms with van der Waals surface area (Å²) < 4.78 is 5.29. The van der Waals surface area contributed by atoms with Crippen LogP contribution in [-0.2, 0) is 9.53 Å². The van der Waals surface area contributed by atoms with Gasteiger partial charge in [-0.25, -0.2) is 4.79 Å². The highest BCUT2D eigenvalue weighted by Crippen LogP contribution is 2.20. The highest BCUT2D eigenvalue weighted by Gasteiger charge is 2.16. The molecule has 3 aromatic rings. The first-order valence-electron chi connectivity index (χ1n) is 11.2. The van der Waals surface area contributed by atoms with Crippen LogP contribution in [0.4, 0.5) is 16.2 Å². The summed E-state index contributed by atoms with van der Waals surface area (Å²) in [6.07, 6.45) is 1.33. The second-order valence-corrected chi connectivity index (χ2v) is 8.89. The van der Waals surface area contributed by atoms with E-state index in [-0.39, 0.29) is 11.8 Å². The molecule has 7 nitrogen and oxygen atoms in total. The molecule has 0 bridgehead atoms. The van der Waals surface area contributed by atoms with Crippen molar-refractivity contribution in [1.29, 1.82) is 0 Å². The molecule has 0 saturated carbocycles. The zero-order valence-electron chi connectivity index (χ0n) is 20.2. The predicted octanol–water partition coefficient (Wildman–Crippen LogP) is 5.92. The Morgan fingerprint density at radius 1 is 0.743 bits per heavy atom. The Hall–Kier alpha value is -4.39. The molecule has 0 atom stereocenters. The maximum atomic E-state index is 13.0. The van der Waals surface area contributed by atoms with Crippen molar-refractivity contribution in [2.45, 2.75) is 33.3 Å². The summed E-state index contributed by atoms with van der Waals surface area (Å²) in [5.41, 5.74) is 3.30. The Morgan fingerprint density at radius 2 is 1.29 bits per heavy atom. The fourth-order valence-electron chi connectivity index (χ4n) is 3.16. The number of hydrogen-bond donors (Lipinski definition) is 3. The summed E-state index contributed by atoms with van der Waals surface area (Å²) in [5, 5.41) is 8.35. The predicted molar refractivity (Wildman–Crippen MR) is 139 cm³/mol. The SMILES string of the molecule is CC(=O)Nc1ccc(C(=O)NC(=Cc2ccccc2)c2ccc(NC(=O)OC(C)(C)C)cc2)cc1. The minimum absolute atomic E-state index is 0.181. The fourth-order valence-corrected chi connectivity index (χ4v) is 3.16. The number of carbonyl (C=O) groups is 3. The number of rotatable bonds is 6. The van der Waals surface area contributed by atoms with Crippen molar-refractivity contribution in [3.8, 4) is 0 Å². The molecule has 0 unspecified atom stereocenters. The van der Waals surface area contributed by atoms with Gasteiger partial charge in [0, 0.05) is 29.6 Å². The molecular weight excluding hydrogens is 442 g/mol. The van der Waals surface area contributed by atoms with Gasteiger partial charge in [-0.3, -0.25) is 14.9 Å². The Kier molecular flexibility index (Phi) is 8.04. The van der Waals surface area contributed by atoms with Gasteiger partial charge in [0.2, 0.25) is 5.91 Å². The summed E-state index contributed by atoms with van der Waals surface area (Å²) in [6, 6.07) is 23.4. The van der Waals surface area contributed by atoms with Crippen molar-refractivity contribution in [3.05, 3.63) is 95.6 Å². The van der Waals surface area contributed by atoms with E-state index >= 15 is 0 Å². The van der Waals surface area contributed by atoms with Gasteiger partial charge in [-0.05, 0) is 74.4 Å². The van der Waals surface area contributed by atoms with Crippen LogP contribution in [0.2, 0.25) is 0 Å². The van der Waals surface area contributed by atoms with Gasteiger partial charge in [0.25, 0.3) is 5.91 Å². The molecule has 0 aromatic heterocycles. The lowest BCUT2D eigenvalue weighted by Gasteiger charge is -2.19. The van der Waals surface area contributed by atoms with Crippen LogP contribution in [0.5, 0.6) is 0 Å². The number of carbonyl (C=O) groups excluding carboxylic acids is 3. The van der Waals surface area contributed by atoms with E-state index in [0.717, 1.165) is 11.1 Å². The van der Waals surface area contributed by atoms with Gasteiger partial charge in [-0.15, -0.1) is 0 Å². The van der Waals surface area contributed by atoms with Crippen molar-refractivity contribution >= 4 is 41.1 Å². The maximum Gasteiger partial charge on any atom is 0.412 e. The van der Waals surface area contributed by atoms with Gasteiger partial charge in [-0.2, -0.15) is 0 Å². The molecule has 3 N–H and O–H groups in total. The summed E-state index contributed by atoms with van der Waals surface area (Å²) in [4.78, 5) is 36.3. The first-order valence-corrected chi connectivity index (χ1v) is 11.2. The van der Waals surface area contributed by atoms with E-state index in [9.17, 15) is 14.4 Å². The average Bonchev–Trinajstić information content (AvgIpc) is 2.78. The topological polar surface area (TPSA) is 96.5 Å². The van der Waals surface area contributed by atoms with Crippen molar-refractivity contribution in [2.75, 3.05) is 10.6 Å². The van der Waals surface area contributed by atoms with Crippen LogP contribution in [0.25, 0.3) is 11.8 Å². The standard InChI is InChI=1S/C28H29N3O4/c1-19(32)29-23-16-12-22(13-17-23)26(33)31-25(18-20-8-6-5-7-9-20)21-10-14-24(15-11-21)30-27(34)35-28(2,3)4/h5-18H,1-4H3,(H,29,32)(H,30,34)(H,31,33). The van der Waals surface area contributed by atoms with E-state index in [4.69, 9.17) is 4.74 Å². The third-order valence-electron chi connectivity index (χ3n) is 4.67. The average molecular weight is 472 g/mol. The third kappa shape index (κ3) is 8.16. The highest BCUT2D eigenvalue weighted by molar-refractivity contribution is 6.02. The molecule has 35 heavy (non-hydrogen) atoms. The van der Waals surface area contributed by atoms with E-state index in [1.165, 1.54) is 6.92 Å². The van der Waals surface area contributed by atoms with Gasteiger partial charge >= 0.3 is 6.09 Å². The fraction of sp³-hybridized carbons (Fsp3) is 0.179. The van der Waals surface area contributed by atoms with Crippen LogP contribution in [-0.4, -0.2) is 23.5 Å². The van der Waals surface area contributed by atoms with Crippen LogP contribution < -0.4 is 16.0 Å². The number of amides is 3. The first-order chi connectivity index (χ1) is 16.6. The second-order valence-electron chi connectivity index (χ2n) is 8.89. The number of anilines is 2. The molecule has 3 rings (SSSR count). The minimum Gasteiger partial charge on any atom is -0.444 e. The van der Waals surface area contributed by atoms with Crippen LogP contribution in [0.3, 0.4) is 0 Å². The van der Waals surface area contributed by atoms with Crippen LogP contribution >= 0.6 is 0 Å². The van der Waals surface area contributed by atoms with Crippen LogP contribution in [0.1, 0.15) is 49.2 Å². The zero-order valence-corrected chi connectivity index (χ0v) is 20.2. The molecule has 0 aliphatic carbocycles. The molecule has 7 heteroatoms. The number of benzene rings is 3. The normalized spacial score (nSPS) is 11.4. The summed E-state index contributed by atoms with van der Waals surface area (Å²) in [7, 11) is 0. The Labute approximate surface area is 205 Å². The molecule has 3 aromatic carbocycles. The van der Waals surface area contributed by atoms with Crippen LogP contribution in [0, 0.1) is 0 Å². The summed E-state index contributed by atoms with van der Waals surface area (Å²) >= 11 is 0. The molecule has 0 saturated heterocycles. The zero-order chi connectivity index (χ0) is 25.4. The molecule has 0 aliphatic heterocycles. The van der Waals surface area contributed by atoms with E-state index < -0.39 is 11.7 Å². The molecule has 0 radical (unpaired) electrons. The minimum atomic E-state index is -0.597. The molecule has 0 heterocycles. The van der Waals surface area contributed by atoms with E-state index in [1.807, 2.05) is 48.5 Å². The lowest BCUT2D eigenvalue weighted by Crippen LogP contribution is -2.27. The largest absolute Gasteiger partial charge is 0.444 e. The monoisotopic (exact) mass is 471 g/mol. The van der Waals surface area contributed by atoms with Crippen LogP contribution in [0.15, 0.2) is 78.9 Å². The molecule has 0 fully saturated rings. The van der Waals surface area contributed by atoms with Crippen molar-refractivity contribution in [3.63, 3.8) is 0 Å². The number of ether oxygens (including phenoxy) is 1. The lowest BCUT2D eigenvalue weighted by atomic mass is 10.1. The van der Waals surface area contributed by atoms with Gasteiger partial charge in [0.05, 0.1) is 0 Å². The number of hydrogen-bond acceptors (Lipinski definition) is 4. The quantitative estimate of drug-likeness (QED) is 0.389. The Morgan fingerprint density at radius 3 is 1.83 bits per heavy atom. The van der Waals surface area contributed by atoms with Gasteiger partial charge in [0.1, 0.15) is 5.60 Å². The van der Waals surface area contributed by atoms with Crippen molar-refractivity contribution < 1.29 is 19.1 Å². The Balaban J connectivity index is 1.81. The number of nitrogens with one attached hydrogen (secondary N) is 3. The molecule has 3 amide bonds. The maximum absolute atomic E-state index is 13.0. The van der Waals surface area contributed by atoms with Gasteiger partial charge in [-0.1, -0.05) is 42.5 Å². The van der Waals surface area contributed by atoms with Crippen molar-refractivity contribution in [2.24, 2.45) is 0 Å². The second kappa shape index (κ2) is 11.2.